The smallest absolute Gasteiger partial charge is 0.421 e. The molecule has 0 spiro atoms. The highest BCUT2D eigenvalue weighted by Gasteiger charge is 2.58. The Morgan fingerprint density at radius 3 is 2.51 bits per heavy atom. The van der Waals surface area contributed by atoms with Crippen molar-refractivity contribution in [2.45, 2.75) is 76.2 Å². The number of amides is 2. The van der Waals surface area contributed by atoms with Crippen LogP contribution in [0.2, 0.25) is 0 Å². The molecule has 11 nitrogen and oxygen atoms in total. The summed E-state index contributed by atoms with van der Waals surface area (Å²) in [5.74, 6) is 1.78. The number of anilines is 4. The second-order valence-electron chi connectivity index (χ2n) is 14.6. The number of alkyl halides is 3. The lowest BCUT2D eigenvalue weighted by Gasteiger charge is -2.61. The molecule has 5 aliphatic rings. The van der Waals surface area contributed by atoms with Gasteiger partial charge in [-0.2, -0.15) is 18.2 Å². The summed E-state index contributed by atoms with van der Waals surface area (Å²) in [5.41, 5.74) is 0.0599. The molecule has 2 aromatic carbocycles. The molecule has 272 valence electrons. The van der Waals surface area contributed by atoms with E-state index in [2.05, 4.69) is 36.1 Å². The van der Waals surface area contributed by atoms with Crippen molar-refractivity contribution in [3.05, 3.63) is 59.3 Å². The van der Waals surface area contributed by atoms with Gasteiger partial charge in [-0.05, 0) is 87.0 Å². The molecule has 4 saturated carbocycles. The van der Waals surface area contributed by atoms with Crippen molar-refractivity contribution in [3.8, 4) is 11.5 Å². The second-order valence-corrected chi connectivity index (χ2v) is 14.6. The van der Waals surface area contributed by atoms with Gasteiger partial charge in [0, 0.05) is 51.4 Å². The molecule has 4 aliphatic carbocycles. The van der Waals surface area contributed by atoms with E-state index < -0.39 is 23.5 Å². The fraction of sp³-hybridized carbons (Fsp3) is 0.514. The van der Waals surface area contributed by atoms with Crippen molar-refractivity contribution in [3.63, 3.8) is 0 Å². The van der Waals surface area contributed by atoms with E-state index in [-0.39, 0.29) is 34.7 Å². The van der Waals surface area contributed by atoms with Gasteiger partial charge in [-0.15, -0.1) is 0 Å². The SMILES string of the molecule is CNC(=O)c1cccc(C)c1Nc1nc(Nc2ccc(OC34CC5CC(C3)C(N3CC[C@H](NC(C)=O)C3)C(C5)C4)cc2OC)ncc1C(F)(F)F. The molecular weight excluding hydrogens is 663 g/mol. The third-order valence-corrected chi connectivity index (χ3v) is 11.1. The molecule has 3 aromatic rings. The standard InChI is InChI=1S/C37H44F3N7O4/c1-20-6-5-7-27(34(49)41-3)31(20)45-33-28(37(38,39)40)18-42-35(46-33)44-29-9-8-26(14-30(29)50-4)51-36-15-22-12-23(16-36)32(24(13-22)17-36)47-11-10-25(19-47)43-21(2)48/h5-9,14,18,22-25,32H,10-13,15-17,19H2,1-4H3,(H,41,49)(H,43,48)(H2,42,44,45,46)/t22?,23?,24?,25-,32?,36?/m0/s1. The van der Waals surface area contributed by atoms with Gasteiger partial charge in [0.1, 0.15) is 28.5 Å². The predicted octanol–water partition coefficient (Wildman–Crippen LogP) is 6.20. The van der Waals surface area contributed by atoms with Crippen LogP contribution >= 0.6 is 0 Å². The molecule has 0 radical (unpaired) electrons. The van der Waals surface area contributed by atoms with Crippen LogP contribution in [-0.4, -0.2) is 71.6 Å². The lowest BCUT2D eigenvalue weighted by atomic mass is 9.52. The minimum absolute atomic E-state index is 0.0281. The van der Waals surface area contributed by atoms with E-state index in [0.717, 1.165) is 38.8 Å². The van der Waals surface area contributed by atoms with Gasteiger partial charge < -0.3 is 30.7 Å². The first-order valence-electron chi connectivity index (χ1n) is 17.5. The fourth-order valence-corrected chi connectivity index (χ4v) is 9.34. The van der Waals surface area contributed by atoms with Crippen molar-refractivity contribution < 1.29 is 32.2 Å². The number of aryl methyl sites for hydroxylation is 1. The van der Waals surface area contributed by atoms with E-state index in [1.807, 2.05) is 6.07 Å². The lowest BCUT2D eigenvalue weighted by Crippen LogP contribution is -2.63. The van der Waals surface area contributed by atoms with Crippen molar-refractivity contribution in [2.24, 2.45) is 17.8 Å². The van der Waals surface area contributed by atoms with Crippen LogP contribution in [0.25, 0.3) is 0 Å². The minimum Gasteiger partial charge on any atom is -0.494 e. The maximum absolute atomic E-state index is 14.1. The zero-order valence-corrected chi connectivity index (χ0v) is 29.2. The molecule has 4 bridgehead atoms. The molecule has 14 heteroatoms. The lowest BCUT2D eigenvalue weighted by molar-refractivity contribution is -0.144. The topological polar surface area (TPSA) is 130 Å². The average Bonchev–Trinajstić information content (AvgIpc) is 3.52. The minimum atomic E-state index is -4.76. The normalized spacial score (nSPS) is 26.8. The zero-order valence-electron chi connectivity index (χ0n) is 29.2. The number of benzene rings is 2. The van der Waals surface area contributed by atoms with Crippen LogP contribution in [-0.2, 0) is 11.0 Å². The van der Waals surface area contributed by atoms with Crippen LogP contribution in [0.4, 0.5) is 36.3 Å². The first kappa shape index (κ1) is 34.8. The van der Waals surface area contributed by atoms with E-state index in [0.29, 0.717) is 52.7 Å². The van der Waals surface area contributed by atoms with Gasteiger partial charge in [-0.25, -0.2) is 4.98 Å². The largest absolute Gasteiger partial charge is 0.494 e. The molecule has 3 atom stereocenters. The van der Waals surface area contributed by atoms with Gasteiger partial charge in [-0.1, -0.05) is 12.1 Å². The van der Waals surface area contributed by atoms with Gasteiger partial charge in [0.05, 0.1) is 24.0 Å². The van der Waals surface area contributed by atoms with E-state index in [1.165, 1.54) is 33.1 Å². The summed E-state index contributed by atoms with van der Waals surface area (Å²) in [6.45, 7) is 5.19. The van der Waals surface area contributed by atoms with Gasteiger partial charge in [-0.3, -0.25) is 14.5 Å². The van der Waals surface area contributed by atoms with Crippen LogP contribution in [0, 0.1) is 24.7 Å². The summed E-state index contributed by atoms with van der Waals surface area (Å²) in [7, 11) is 2.97. The third kappa shape index (κ3) is 7.02. The van der Waals surface area contributed by atoms with Crippen molar-refractivity contribution in [1.29, 1.82) is 0 Å². The Hall–Kier alpha value is -4.59. The summed E-state index contributed by atoms with van der Waals surface area (Å²) in [4.78, 5) is 35.0. The third-order valence-electron chi connectivity index (χ3n) is 11.1. The number of rotatable bonds is 10. The maximum atomic E-state index is 14.1. The van der Waals surface area contributed by atoms with Crippen LogP contribution in [0.15, 0.2) is 42.6 Å². The molecule has 1 aromatic heterocycles. The summed E-state index contributed by atoms with van der Waals surface area (Å²) in [6.07, 6.45) is 2.33. The summed E-state index contributed by atoms with van der Waals surface area (Å²) in [6, 6.07) is 11.0. The van der Waals surface area contributed by atoms with Crippen molar-refractivity contribution in [2.75, 3.05) is 37.9 Å². The number of halogens is 3. The second kappa shape index (κ2) is 13.5. The summed E-state index contributed by atoms with van der Waals surface area (Å²) >= 11 is 0. The number of carbonyl (C=O) groups excluding carboxylic acids is 2. The molecule has 2 heterocycles. The highest BCUT2D eigenvalue weighted by atomic mass is 19.4. The number of likely N-dealkylation sites (tertiary alicyclic amines) is 1. The first-order chi connectivity index (χ1) is 24.3. The Kier molecular flexibility index (Phi) is 9.23. The number of hydrogen-bond acceptors (Lipinski definition) is 9. The number of nitrogens with one attached hydrogen (secondary N) is 4. The molecule has 51 heavy (non-hydrogen) atoms. The van der Waals surface area contributed by atoms with E-state index in [4.69, 9.17) is 9.47 Å². The predicted molar refractivity (Wildman–Crippen MR) is 186 cm³/mol. The summed E-state index contributed by atoms with van der Waals surface area (Å²) in [5, 5.41) is 11.4. The Balaban J connectivity index is 1.09. The maximum Gasteiger partial charge on any atom is 0.421 e. The molecule has 2 unspecified atom stereocenters. The van der Waals surface area contributed by atoms with E-state index in [1.54, 1.807) is 38.1 Å². The quantitative estimate of drug-likeness (QED) is 0.195. The van der Waals surface area contributed by atoms with Crippen LogP contribution in [0.3, 0.4) is 0 Å². The first-order valence-corrected chi connectivity index (χ1v) is 17.5. The Morgan fingerprint density at radius 2 is 1.82 bits per heavy atom. The molecule has 4 N–H and O–H groups in total. The fourth-order valence-electron chi connectivity index (χ4n) is 9.34. The molecule has 2 amide bonds. The summed E-state index contributed by atoms with van der Waals surface area (Å²) < 4.78 is 54.8. The van der Waals surface area contributed by atoms with Crippen LogP contribution < -0.4 is 30.7 Å². The van der Waals surface area contributed by atoms with Crippen molar-refractivity contribution >= 4 is 35.0 Å². The van der Waals surface area contributed by atoms with Crippen LogP contribution in [0.1, 0.15) is 66.9 Å². The molecule has 1 saturated heterocycles. The van der Waals surface area contributed by atoms with Gasteiger partial charge in [0.15, 0.2) is 0 Å². The van der Waals surface area contributed by atoms with Crippen LogP contribution in [0.5, 0.6) is 11.5 Å². The number of nitrogens with zero attached hydrogens (tertiary/aromatic N) is 3. The number of carbonyl (C=O) groups is 2. The molecule has 5 fully saturated rings. The highest BCUT2D eigenvalue weighted by molar-refractivity contribution is 6.00. The number of methoxy groups -OCH3 is 1. The number of ether oxygens (including phenoxy) is 2. The van der Waals surface area contributed by atoms with Gasteiger partial charge in [0.2, 0.25) is 11.9 Å². The highest BCUT2D eigenvalue weighted by Crippen LogP contribution is 2.58. The van der Waals surface area contributed by atoms with Gasteiger partial charge >= 0.3 is 6.18 Å². The monoisotopic (exact) mass is 707 g/mol. The number of hydrogen-bond donors (Lipinski definition) is 4. The Labute approximate surface area is 295 Å². The van der Waals surface area contributed by atoms with E-state index in [9.17, 15) is 22.8 Å². The van der Waals surface area contributed by atoms with Crippen molar-refractivity contribution in [1.82, 2.24) is 25.5 Å². The Bertz CT molecular complexity index is 1810. The average molecular weight is 708 g/mol. The van der Waals surface area contributed by atoms with Gasteiger partial charge in [0.25, 0.3) is 5.91 Å². The molecule has 8 rings (SSSR count). The van der Waals surface area contributed by atoms with E-state index >= 15 is 0 Å². The molecular formula is C37H44F3N7O4. The number of aromatic nitrogens is 2. The zero-order chi connectivity index (χ0) is 36.1. The Morgan fingerprint density at radius 1 is 1.06 bits per heavy atom. The number of para-hydroxylation sites is 1. The molecule has 1 aliphatic heterocycles.